The van der Waals surface area contributed by atoms with Crippen molar-refractivity contribution >= 4 is 0 Å². The molecule has 0 saturated carbocycles. The maximum Gasteiger partial charge on any atom is 0.0542 e. The summed E-state index contributed by atoms with van der Waals surface area (Å²) in [6.45, 7) is 4.67. The van der Waals surface area contributed by atoms with Gasteiger partial charge in [-0.2, -0.15) is 0 Å². The molecule has 3 heteroatoms. The first kappa shape index (κ1) is 10.6. The van der Waals surface area contributed by atoms with Crippen LogP contribution in [0.15, 0.2) is 24.5 Å². The maximum absolute atomic E-state index is 5.82. The lowest BCUT2D eigenvalue weighted by molar-refractivity contribution is -0.108. The number of nitrogens with zero attached hydrogens (tertiary/aromatic N) is 1. The van der Waals surface area contributed by atoms with Crippen molar-refractivity contribution in [1.29, 1.82) is 0 Å². The van der Waals surface area contributed by atoms with Gasteiger partial charge >= 0.3 is 0 Å². The fourth-order valence-electron chi connectivity index (χ4n) is 2.12. The SMILES string of the molecule is CC1(CC(CN)c2cccnc2)COC1. The van der Waals surface area contributed by atoms with Crippen molar-refractivity contribution in [2.24, 2.45) is 11.1 Å². The van der Waals surface area contributed by atoms with Gasteiger partial charge in [0, 0.05) is 17.8 Å². The van der Waals surface area contributed by atoms with Gasteiger partial charge in [0.2, 0.25) is 0 Å². The number of rotatable bonds is 4. The summed E-state index contributed by atoms with van der Waals surface area (Å²) in [5.41, 5.74) is 7.39. The first-order valence-corrected chi connectivity index (χ1v) is 5.41. The van der Waals surface area contributed by atoms with Gasteiger partial charge in [0.25, 0.3) is 0 Å². The fourth-order valence-corrected chi connectivity index (χ4v) is 2.12. The van der Waals surface area contributed by atoms with Crippen LogP contribution in [-0.4, -0.2) is 24.7 Å². The van der Waals surface area contributed by atoms with Crippen LogP contribution in [0.1, 0.15) is 24.8 Å². The zero-order valence-electron chi connectivity index (χ0n) is 9.15. The van der Waals surface area contributed by atoms with E-state index in [4.69, 9.17) is 10.5 Å². The molecule has 1 aromatic heterocycles. The van der Waals surface area contributed by atoms with Gasteiger partial charge in [-0.1, -0.05) is 13.0 Å². The van der Waals surface area contributed by atoms with Crippen molar-refractivity contribution in [3.8, 4) is 0 Å². The predicted octanol–water partition coefficient (Wildman–Crippen LogP) is 1.55. The second-order valence-corrected chi connectivity index (χ2v) is 4.73. The number of aromatic nitrogens is 1. The van der Waals surface area contributed by atoms with E-state index in [-0.39, 0.29) is 0 Å². The lowest BCUT2D eigenvalue weighted by atomic mass is 9.77. The van der Waals surface area contributed by atoms with Gasteiger partial charge in [-0.25, -0.2) is 0 Å². The van der Waals surface area contributed by atoms with Crippen molar-refractivity contribution in [3.63, 3.8) is 0 Å². The molecule has 1 atom stereocenters. The molecule has 1 fully saturated rings. The molecule has 0 radical (unpaired) electrons. The lowest BCUT2D eigenvalue weighted by Crippen LogP contribution is -2.41. The molecule has 2 rings (SSSR count). The van der Waals surface area contributed by atoms with Gasteiger partial charge in [0.15, 0.2) is 0 Å². The van der Waals surface area contributed by atoms with Crippen LogP contribution >= 0.6 is 0 Å². The molecule has 82 valence electrons. The highest BCUT2D eigenvalue weighted by molar-refractivity contribution is 5.16. The van der Waals surface area contributed by atoms with Gasteiger partial charge < -0.3 is 10.5 Å². The van der Waals surface area contributed by atoms with E-state index < -0.39 is 0 Å². The Morgan fingerprint density at radius 3 is 2.87 bits per heavy atom. The Kier molecular flexibility index (Phi) is 3.03. The van der Waals surface area contributed by atoms with Crippen LogP contribution in [0.3, 0.4) is 0 Å². The minimum absolute atomic E-state index is 0.319. The van der Waals surface area contributed by atoms with Crippen LogP contribution in [0, 0.1) is 5.41 Å². The predicted molar refractivity (Wildman–Crippen MR) is 59.6 cm³/mol. The molecule has 1 unspecified atom stereocenters. The molecule has 2 heterocycles. The number of hydrogen-bond donors (Lipinski definition) is 1. The minimum Gasteiger partial charge on any atom is -0.380 e. The topological polar surface area (TPSA) is 48.1 Å². The van der Waals surface area contributed by atoms with Gasteiger partial charge in [0.05, 0.1) is 13.2 Å². The minimum atomic E-state index is 0.319. The van der Waals surface area contributed by atoms with E-state index in [1.807, 2.05) is 12.3 Å². The monoisotopic (exact) mass is 206 g/mol. The fraction of sp³-hybridized carbons (Fsp3) is 0.583. The highest BCUT2D eigenvalue weighted by atomic mass is 16.5. The van der Waals surface area contributed by atoms with Crippen molar-refractivity contribution in [1.82, 2.24) is 4.98 Å². The average Bonchev–Trinajstić information content (AvgIpc) is 2.25. The third kappa shape index (κ3) is 2.36. The Labute approximate surface area is 90.7 Å². The van der Waals surface area contributed by atoms with Crippen molar-refractivity contribution < 1.29 is 4.74 Å². The molecule has 2 N–H and O–H groups in total. The van der Waals surface area contributed by atoms with Gasteiger partial charge in [-0.3, -0.25) is 4.98 Å². The molecule has 1 aliphatic rings. The van der Waals surface area contributed by atoms with Gasteiger partial charge in [0.1, 0.15) is 0 Å². The molecule has 15 heavy (non-hydrogen) atoms. The van der Waals surface area contributed by atoms with E-state index in [1.54, 1.807) is 6.20 Å². The molecular weight excluding hydrogens is 188 g/mol. The summed E-state index contributed by atoms with van der Waals surface area (Å²) in [5, 5.41) is 0. The van der Waals surface area contributed by atoms with Crippen LogP contribution in [0.25, 0.3) is 0 Å². The van der Waals surface area contributed by atoms with E-state index in [2.05, 4.69) is 18.0 Å². The molecule has 0 aromatic carbocycles. The summed E-state index contributed by atoms with van der Waals surface area (Å²) >= 11 is 0. The average molecular weight is 206 g/mol. The van der Waals surface area contributed by atoms with Crippen LogP contribution in [-0.2, 0) is 4.74 Å². The zero-order valence-corrected chi connectivity index (χ0v) is 9.15. The number of nitrogens with two attached hydrogens (primary N) is 1. The van der Waals surface area contributed by atoms with Crippen LogP contribution in [0.4, 0.5) is 0 Å². The van der Waals surface area contributed by atoms with E-state index >= 15 is 0 Å². The lowest BCUT2D eigenvalue weighted by Gasteiger charge is -2.40. The summed E-state index contributed by atoms with van der Waals surface area (Å²) in [6, 6.07) is 4.07. The van der Waals surface area contributed by atoms with E-state index in [0.717, 1.165) is 19.6 Å². The number of pyridine rings is 1. The van der Waals surface area contributed by atoms with Crippen LogP contribution in [0.2, 0.25) is 0 Å². The summed E-state index contributed by atoms with van der Waals surface area (Å²) < 4.78 is 5.26. The van der Waals surface area contributed by atoms with Crippen LogP contribution in [0.5, 0.6) is 0 Å². The Balaban J connectivity index is 2.04. The quantitative estimate of drug-likeness (QED) is 0.813. The molecule has 0 amide bonds. The normalized spacial score (nSPS) is 20.7. The summed E-state index contributed by atoms with van der Waals surface area (Å²) in [5.74, 6) is 0.410. The molecular formula is C12H18N2O. The number of ether oxygens (including phenoxy) is 1. The smallest absolute Gasteiger partial charge is 0.0542 e. The van der Waals surface area contributed by atoms with Crippen LogP contribution < -0.4 is 5.73 Å². The first-order chi connectivity index (χ1) is 7.23. The van der Waals surface area contributed by atoms with E-state index in [0.29, 0.717) is 17.9 Å². The van der Waals surface area contributed by atoms with Gasteiger partial charge in [-0.15, -0.1) is 0 Å². The first-order valence-electron chi connectivity index (χ1n) is 5.41. The molecule has 3 nitrogen and oxygen atoms in total. The van der Waals surface area contributed by atoms with E-state index in [9.17, 15) is 0 Å². The maximum atomic E-state index is 5.82. The summed E-state index contributed by atoms with van der Waals surface area (Å²) in [4.78, 5) is 4.14. The molecule has 1 aromatic rings. The second kappa shape index (κ2) is 4.29. The molecule has 1 aliphatic heterocycles. The standard InChI is InChI=1S/C12H18N2O/c1-12(8-15-9-12)5-11(6-13)10-3-2-4-14-7-10/h2-4,7,11H,5-6,8-9,13H2,1H3. The Morgan fingerprint density at radius 1 is 1.60 bits per heavy atom. The zero-order chi connectivity index (χ0) is 10.7. The highest BCUT2D eigenvalue weighted by Gasteiger charge is 2.35. The van der Waals surface area contributed by atoms with Crippen molar-refractivity contribution in [3.05, 3.63) is 30.1 Å². The Bertz CT molecular complexity index is 309. The van der Waals surface area contributed by atoms with Crippen molar-refractivity contribution in [2.75, 3.05) is 19.8 Å². The molecule has 0 aliphatic carbocycles. The summed E-state index contributed by atoms with van der Waals surface area (Å²) in [6.07, 6.45) is 4.81. The largest absolute Gasteiger partial charge is 0.380 e. The summed E-state index contributed by atoms with van der Waals surface area (Å²) in [7, 11) is 0. The molecule has 0 bridgehead atoms. The Hall–Kier alpha value is -0.930. The van der Waals surface area contributed by atoms with Crippen molar-refractivity contribution in [2.45, 2.75) is 19.3 Å². The third-order valence-electron chi connectivity index (χ3n) is 3.08. The number of hydrogen-bond acceptors (Lipinski definition) is 3. The Morgan fingerprint density at radius 2 is 2.40 bits per heavy atom. The second-order valence-electron chi connectivity index (χ2n) is 4.73. The molecule has 0 spiro atoms. The third-order valence-corrected chi connectivity index (χ3v) is 3.08. The van der Waals surface area contributed by atoms with Gasteiger partial charge in [-0.05, 0) is 30.5 Å². The highest BCUT2D eigenvalue weighted by Crippen LogP contribution is 2.36. The van der Waals surface area contributed by atoms with E-state index in [1.165, 1.54) is 5.56 Å². The molecule has 1 saturated heterocycles.